The molecule has 98 valence electrons. The molecule has 2 amide bonds. The molecule has 2 N–H and O–H groups in total. The van der Waals surface area contributed by atoms with Crippen molar-refractivity contribution in [3.63, 3.8) is 0 Å². The van der Waals surface area contributed by atoms with Gasteiger partial charge in [-0.2, -0.15) is 0 Å². The van der Waals surface area contributed by atoms with E-state index in [4.69, 9.17) is 0 Å². The van der Waals surface area contributed by atoms with Crippen LogP contribution in [0.2, 0.25) is 0 Å². The molecule has 5 nitrogen and oxygen atoms in total. The third kappa shape index (κ3) is 4.08. The van der Waals surface area contributed by atoms with Gasteiger partial charge in [-0.15, -0.1) is 0 Å². The number of likely N-dealkylation sites (N-methyl/N-ethyl adjacent to an activating group) is 1. The van der Waals surface area contributed by atoms with E-state index >= 15 is 0 Å². The van der Waals surface area contributed by atoms with Gasteiger partial charge >= 0.3 is 0 Å². The lowest BCUT2D eigenvalue weighted by molar-refractivity contribution is -0.119. The van der Waals surface area contributed by atoms with Crippen molar-refractivity contribution < 1.29 is 9.59 Å². The van der Waals surface area contributed by atoms with Crippen LogP contribution in [0.5, 0.6) is 0 Å². The molecule has 0 atom stereocenters. The van der Waals surface area contributed by atoms with Gasteiger partial charge in [-0.3, -0.25) is 9.59 Å². The Kier molecular flexibility index (Phi) is 5.17. The fourth-order valence-electron chi connectivity index (χ4n) is 1.43. The van der Waals surface area contributed by atoms with Crippen LogP contribution in [0.3, 0.4) is 0 Å². The van der Waals surface area contributed by atoms with E-state index in [-0.39, 0.29) is 18.4 Å². The third-order valence-corrected chi connectivity index (χ3v) is 2.37. The molecule has 1 rings (SSSR count). The minimum atomic E-state index is -0.0501. The minimum Gasteiger partial charge on any atom is -0.376 e. The Bertz CT molecular complexity index is 413. The minimum absolute atomic E-state index is 0.0368. The molecule has 0 spiro atoms. The summed E-state index contributed by atoms with van der Waals surface area (Å²) < 4.78 is 0. The number of rotatable bonds is 5. The highest BCUT2D eigenvalue weighted by molar-refractivity contribution is 5.94. The summed E-state index contributed by atoms with van der Waals surface area (Å²) in [7, 11) is 3.42. The second-order valence-electron chi connectivity index (χ2n) is 4.08. The quantitative estimate of drug-likeness (QED) is 0.816. The van der Waals surface area contributed by atoms with Crippen LogP contribution in [-0.4, -0.2) is 43.9 Å². The monoisotopic (exact) mass is 249 g/mol. The molecule has 1 aromatic rings. The SMILES string of the molecule is CCNC(=O)CNc1ccc(C(=O)N(C)C)cc1. The molecule has 0 fully saturated rings. The van der Waals surface area contributed by atoms with Crippen LogP contribution in [0.25, 0.3) is 0 Å². The second kappa shape index (κ2) is 6.64. The number of carbonyl (C=O) groups excluding carboxylic acids is 2. The Morgan fingerprint density at radius 3 is 2.28 bits per heavy atom. The molecule has 0 aliphatic carbocycles. The summed E-state index contributed by atoms with van der Waals surface area (Å²) in [6.07, 6.45) is 0. The van der Waals surface area contributed by atoms with Gasteiger partial charge < -0.3 is 15.5 Å². The Morgan fingerprint density at radius 2 is 1.78 bits per heavy atom. The van der Waals surface area contributed by atoms with Crippen LogP contribution in [0, 0.1) is 0 Å². The van der Waals surface area contributed by atoms with Gasteiger partial charge in [0.15, 0.2) is 0 Å². The smallest absolute Gasteiger partial charge is 0.253 e. The van der Waals surface area contributed by atoms with Gasteiger partial charge in [0, 0.05) is 31.9 Å². The Morgan fingerprint density at radius 1 is 1.17 bits per heavy atom. The summed E-state index contributed by atoms with van der Waals surface area (Å²) >= 11 is 0. The number of amides is 2. The lowest BCUT2D eigenvalue weighted by atomic mass is 10.2. The zero-order valence-corrected chi connectivity index (χ0v) is 11.0. The maximum Gasteiger partial charge on any atom is 0.253 e. The molecule has 0 radical (unpaired) electrons. The van der Waals surface area contributed by atoms with Crippen LogP contribution >= 0.6 is 0 Å². The second-order valence-corrected chi connectivity index (χ2v) is 4.08. The highest BCUT2D eigenvalue weighted by Gasteiger charge is 2.07. The van der Waals surface area contributed by atoms with Crippen molar-refractivity contribution in [2.45, 2.75) is 6.92 Å². The number of hydrogen-bond acceptors (Lipinski definition) is 3. The molecule has 18 heavy (non-hydrogen) atoms. The molecule has 0 unspecified atom stereocenters. The molecule has 0 heterocycles. The molecule has 0 bridgehead atoms. The molecule has 0 aromatic heterocycles. The molecular weight excluding hydrogens is 230 g/mol. The van der Waals surface area contributed by atoms with Gasteiger partial charge in [-0.05, 0) is 31.2 Å². The lowest BCUT2D eigenvalue weighted by Gasteiger charge is -2.11. The largest absolute Gasteiger partial charge is 0.376 e. The first-order valence-corrected chi connectivity index (χ1v) is 5.87. The summed E-state index contributed by atoms with van der Waals surface area (Å²) in [4.78, 5) is 24.4. The van der Waals surface area contributed by atoms with Crippen molar-refractivity contribution in [2.75, 3.05) is 32.5 Å². The first kappa shape index (κ1) is 14.0. The summed E-state index contributed by atoms with van der Waals surface area (Å²) in [6, 6.07) is 7.05. The predicted octanol–water partition coefficient (Wildman–Crippen LogP) is 0.936. The van der Waals surface area contributed by atoms with E-state index < -0.39 is 0 Å². The normalized spacial score (nSPS) is 9.72. The predicted molar refractivity (Wildman–Crippen MR) is 71.6 cm³/mol. The number of nitrogens with zero attached hydrogens (tertiary/aromatic N) is 1. The van der Waals surface area contributed by atoms with Crippen LogP contribution in [0.1, 0.15) is 17.3 Å². The molecule has 0 aliphatic rings. The van der Waals surface area contributed by atoms with E-state index in [1.54, 1.807) is 38.4 Å². The van der Waals surface area contributed by atoms with E-state index in [0.29, 0.717) is 12.1 Å². The van der Waals surface area contributed by atoms with E-state index in [1.165, 1.54) is 4.90 Å². The number of nitrogens with one attached hydrogen (secondary N) is 2. The van der Waals surface area contributed by atoms with Crippen molar-refractivity contribution in [1.82, 2.24) is 10.2 Å². The average Bonchev–Trinajstić information content (AvgIpc) is 2.36. The van der Waals surface area contributed by atoms with E-state index in [2.05, 4.69) is 10.6 Å². The van der Waals surface area contributed by atoms with Gasteiger partial charge in [-0.25, -0.2) is 0 Å². The number of benzene rings is 1. The summed E-state index contributed by atoms with van der Waals surface area (Å²) in [5.41, 5.74) is 1.44. The average molecular weight is 249 g/mol. The Labute approximate surface area is 107 Å². The molecular formula is C13H19N3O2. The standard InChI is InChI=1S/C13H19N3O2/c1-4-14-12(17)9-15-11-7-5-10(6-8-11)13(18)16(2)3/h5-8,15H,4,9H2,1-3H3,(H,14,17). The van der Waals surface area contributed by atoms with Crippen molar-refractivity contribution >= 4 is 17.5 Å². The Balaban J connectivity index is 2.55. The van der Waals surface area contributed by atoms with E-state index in [9.17, 15) is 9.59 Å². The fourth-order valence-corrected chi connectivity index (χ4v) is 1.43. The maximum absolute atomic E-state index is 11.6. The van der Waals surface area contributed by atoms with Crippen LogP contribution in [-0.2, 0) is 4.79 Å². The summed E-state index contributed by atoms with van der Waals surface area (Å²) in [6.45, 7) is 2.73. The van der Waals surface area contributed by atoms with Gasteiger partial charge in [0.25, 0.3) is 5.91 Å². The Hall–Kier alpha value is -2.04. The van der Waals surface area contributed by atoms with Crippen molar-refractivity contribution in [1.29, 1.82) is 0 Å². The molecule has 1 aromatic carbocycles. The van der Waals surface area contributed by atoms with Crippen molar-refractivity contribution in [3.05, 3.63) is 29.8 Å². The number of carbonyl (C=O) groups is 2. The highest BCUT2D eigenvalue weighted by Crippen LogP contribution is 2.10. The van der Waals surface area contributed by atoms with Gasteiger partial charge in [-0.1, -0.05) is 0 Å². The first-order chi connectivity index (χ1) is 8.54. The van der Waals surface area contributed by atoms with Crippen molar-refractivity contribution in [2.24, 2.45) is 0 Å². The zero-order valence-electron chi connectivity index (χ0n) is 11.0. The maximum atomic E-state index is 11.6. The third-order valence-electron chi connectivity index (χ3n) is 2.37. The highest BCUT2D eigenvalue weighted by atomic mass is 16.2. The fraction of sp³-hybridized carbons (Fsp3) is 0.385. The molecule has 0 saturated heterocycles. The molecule has 0 saturated carbocycles. The number of anilines is 1. The van der Waals surface area contributed by atoms with Crippen LogP contribution < -0.4 is 10.6 Å². The van der Waals surface area contributed by atoms with Gasteiger partial charge in [0.1, 0.15) is 0 Å². The van der Waals surface area contributed by atoms with Crippen LogP contribution in [0.15, 0.2) is 24.3 Å². The van der Waals surface area contributed by atoms with E-state index in [0.717, 1.165) is 5.69 Å². The summed E-state index contributed by atoms with van der Waals surface area (Å²) in [5, 5.41) is 5.69. The first-order valence-electron chi connectivity index (χ1n) is 5.87. The zero-order chi connectivity index (χ0) is 13.5. The lowest BCUT2D eigenvalue weighted by Crippen LogP contribution is -2.29. The summed E-state index contributed by atoms with van der Waals surface area (Å²) in [5.74, 6) is -0.0868. The molecule has 0 aliphatic heterocycles. The van der Waals surface area contributed by atoms with Crippen LogP contribution in [0.4, 0.5) is 5.69 Å². The van der Waals surface area contributed by atoms with Crippen molar-refractivity contribution in [3.8, 4) is 0 Å². The number of hydrogen-bond donors (Lipinski definition) is 2. The van der Waals surface area contributed by atoms with Gasteiger partial charge in [0.2, 0.25) is 5.91 Å². The molecule has 5 heteroatoms. The van der Waals surface area contributed by atoms with Gasteiger partial charge in [0.05, 0.1) is 6.54 Å². The van der Waals surface area contributed by atoms with E-state index in [1.807, 2.05) is 6.92 Å². The topological polar surface area (TPSA) is 61.4 Å².